The summed E-state index contributed by atoms with van der Waals surface area (Å²) in [6, 6.07) is 0. The average Bonchev–Trinajstić information content (AvgIpc) is 2.43. The number of hydrogen-bond donors (Lipinski definition) is 1. The van der Waals surface area contributed by atoms with E-state index >= 15 is 0 Å². The van der Waals surface area contributed by atoms with E-state index in [-0.39, 0.29) is 0 Å². The Bertz CT molecular complexity index is 208. The van der Waals surface area contributed by atoms with Crippen LogP contribution in [0.1, 0.15) is 32.1 Å². The van der Waals surface area contributed by atoms with E-state index in [0.717, 1.165) is 6.54 Å². The quantitative estimate of drug-likeness (QED) is 0.779. The fraction of sp³-hybridized carbons (Fsp3) is 1.00. The van der Waals surface area contributed by atoms with Gasteiger partial charge in [-0.1, -0.05) is 6.42 Å². The molecule has 2 fully saturated rings. The van der Waals surface area contributed by atoms with Crippen LogP contribution >= 0.6 is 0 Å². The van der Waals surface area contributed by atoms with Gasteiger partial charge in [0.25, 0.3) is 0 Å². The molecule has 3 nitrogen and oxygen atoms in total. The van der Waals surface area contributed by atoms with E-state index in [2.05, 4.69) is 16.8 Å². The molecule has 2 rings (SSSR count). The summed E-state index contributed by atoms with van der Waals surface area (Å²) in [5.41, 5.74) is 6.44. The minimum Gasteiger partial charge on any atom is -0.330 e. The number of nitrogens with two attached hydrogens (primary N) is 1. The highest BCUT2D eigenvalue weighted by atomic mass is 15.2. The summed E-state index contributed by atoms with van der Waals surface area (Å²) in [5.74, 6) is 0. The molecule has 94 valence electrons. The van der Waals surface area contributed by atoms with Gasteiger partial charge in [0.05, 0.1) is 0 Å². The SMILES string of the molecule is CN1CCCN(CCC2(CN)CCC2)CC1. The van der Waals surface area contributed by atoms with E-state index in [1.165, 1.54) is 64.8 Å². The second-order valence-electron chi connectivity index (χ2n) is 5.81. The van der Waals surface area contributed by atoms with Crippen molar-refractivity contribution >= 4 is 0 Å². The van der Waals surface area contributed by atoms with E-state index < -0.39 is 0 Å². The lowest BCUT2D eigenvalue weighted by Gasteiger charge is -2.42. The van der Waals surface area contributed by atoms with Crippen LogP contribution in [-0.4, -0.2) is 56.1 Å². The van der Waals surface area contributed by atoms with Gasteiger partial charge in [0.15, 0.2) is 0 Å². The van der Waals surface area contributed by atoms with Crippen LogP contribution in [0.5, 0.6) is 0 Å². The predicted molar refractivity (Wildman–Crippen MR) is 68.5 cm³/mol. The van der Waals surface area contributed by atoms with Gasteiger partial charge in [0.1, 0.15) is 0 Å². The van der Waals surface area contributed by atoms with Crippen LogP contribution in [0.3, 0.4) is 0 Å². The Morgan fingerprint density at radius 3 is 2.50 bits per heavy atom. The van der Waals surface area contributed by atoms with Crippen LogP contribution in [0.2, 0.25) is 0 Å². The third kappa shape index (κ3) is 2.96. The first-order valence-corrected chi connectivity index (χ1v) is 6.85. The van der Waals surface area contributed by atoms with Gasteiger partial charge in [0, 0.05) is 13.1 Å². The Morgan fingerprint density at radius 1 is 1.06 bits per heavy atom. The lowest BCUT2D eigenvalue weighted by Crippen LogP contribution is -2.41. The monoisotopic (exact) mass is 225 g/mol. The molecule has 1 aliphatic heterocycles. The molecule has 0 atom stereocenters. The van der Waals surface area contributed by atoms with E-state index in [4.69, 9.17) is 5.73 Å². The van der Waals surface area contributed by atoms with E-state index in [1.54, 1.807) is 0 Å². The summed E-state index contributed by atoms with van der Waals surface area (Å²) < 4.78 is 0. The fourth-order valence-corrected chi connectivity index (χ4v) is 2.95. The molecule has 0 aromatic rings. The highest BCUT2D eigenvalue weighted by Gasteiger charge is 2.35. The number of rotatable bonds is 4. The molecule has 0 amide bonds. The zero-order chi connectivity index (χ0) is 11.4. The van der Waals surface area contributed by atoms with Gasteiger partial charge in [-0.15, -0.1) is 0 Å². The van der Waals surface area contributed by atoms with Crippen molar-refractivity contribution in [1.29, 1.82) is 0 Å². The average molecular weight is 225 g/mol. The van der Waals surface area contributed by atoms with Crippen LogP contribution in [0, 0.1) is 5.41 Å². The van der Waals surface area contributed by atoms with Gasteiger partial charge in [-0.3, -0.25) is 0 Å². The maximum absolute atomic E-state index is 5.91. The molecule has 2 N–H and O–H groups in total. The molecular weight excluding hydrogens is 198 g/mol. The summed E-state index contributed by atoms with van der Waals surface area (Å²) in [6.45, 7) is 7.20. The standard InChI is InChI=1S/C13H27N3/c1-15-7-3-8-16(11-10-15)9-6-13(12-14)4-2-5-13/h2-12,14H2,1H3. The van der Waals surface area contributed by atoms with Gasteiger partial charge in [0.2, 0.25) is 0 Å². The van der Waals surface area contributed by atoms with Crippen molar-refractivity contribution in [3.63, 3.8) is 0 Å². The van der Waals surface area contributed by atoms with Gasteiger partial charge in [-0.25, -0.2) is 0 Å². The maximum atomic E-state index is 5.91. The van der Waals surface area contributed by atoms with Crippen molar-refractivity contribution in [3.05, 3.63) is 0 Å². The third-order valence-electron chi connectivity index (χ3n) is 4.62. The number of hydrogen-bond acceptors (Lipinski definition) is 3. The van der Waals surface area contributed by atoms with Crippen LogP contribution in [0.15, 0.2) is 0 Å². The Balaban J connectivity index is 1.72. The number of nitrogens with zero attached hydrogens (tertiary/aromatic N) is 2. The molecule has 3 heteroatoms. The zero-order valence-electron chi connectivity index (χ0n) is 10.7. The number of likely N-dealkylation sites (N-methyl/N-ethyl adjacent to an activating group) is 1. The molecule has 0 unspecified atom stereocenters. The van der Waals surface area contributed by atoms with Crippen LogP contribution < -0.4 is 5.73 Å². The lowest BCUT2D eigenvalue weighted by atomic mass is 9.66. The molecule has 1 heterocycles. The van der Waals surface area contributed by atoms with Crippen LogP contribution in [-0.2, 0) is 0 Å². The van der Waals surface area contributed by atoms with Crippen molar-refractivity contribution in [1.82, 2.24) is 9.80 Å². The summed E-state index contributed by atoms with van der Waals surface area (Å²) in [6.07, 6.45) is 6.80. The molecular formula is C13H27N3. The molecule has 1 saturated carbocycles. The summed E-state index contributed by atoms with van der Waals surface area (Å²) >= 11 is 0. The zero-order valence-corrected chi connectivity index (χ0v) is 10.7. The topological polar surface area (TPSA) is 32.5 Å². The summed E-state index contributed by atoms with van der Waals surface area (Å²) in [7, 11) is 2.23. The Hall–Kier alpha value is -0.120. The van der Waals surface area contributed by atoms with E-state index in [1.807, 2.05) is 0 Å². The lowest BCUT2D eigenvalue weighted by molar-refractivity contribution is 0.107. The van der Waals surface area contributed by atoms with Crippen LogP contribution in [0.4, 0.5) is 0 Å². The van der Waals surface area contributed by atoms with Crippen molar-refractivity contribution in [2.24, 2.45) is 11.1 Å². The van der Waals surface area contributed by atoms with Gasteiger partial charge < -0.3 is 15.5 Å². The molecule has 2 aliphatic rings. The van der Waals surface area contributed by atoms with E-state index in [0.29, 0.717) is 5.41 Å². The first-order valence-electron chi connectivity index (χ1n) is 6.85. The second-order valence-corrected chi connectivity index (χ2v) is 5.81. The molecule has 0 aromatic carbocycles. The Morgan fingerprint density at radius 2 is 1.88 bits per heavy atom. The predicted octanol–water partition coefficient (Wildman–Crippen LogP) is 1.14. The minimum atomic E-state index is 0.526. The summed E-state index contributed by atoms with van der Waals surface area (Å²) in [5, 5.41) is 0. The first-order chi connectivity index (χ1) is 7.74. The van der Waals surface area contributed by atoms with E-state index in [9.17, 15) is 0 Å². The molecule has 0 spiro atoms. The third-order valence-corrected chi connectivity index (χ3v) is 4.62. The van der Waals surface area contributed by atoms with Crippen molar-refractivity contribution in [3.8, 4) is 0 Å². The van der Waals surface area contributed by atoms with Crippen molar-refractivity contribution in [2.75, 3.05) is 46.3 Å². The smallest absolute Gasteiger partial charge is 0.0109 e. The Labute approximate surface area is 100.0 Å². The highest BCUT2D eigenvalue weighted by molar-refractivity contribution is 4.89. The maximum Gasteiger partial charge on any atom is 0.0109 e. The molecule has 0 bridgehead atoms. The van der Waals surface area contributed by atoms with Gasteiger partial charge >= 0.3 is 0 Å². The van der Waals surface area contributed by atoms with Crippen LogP contribution in [0.25, 0.3) is 0 Å². The molecule has 16 heavy (non-hydrogen) atoms. The highest BCUT2D eigenvalue weighted by Crippen LogP contribution is 2.42. The molecule has 1 aliphatic carbocycles. The van der Waals surface area contributed by atoms with Crippen molar-refractivity contribution in [2.45, 2.75) is 32.1 Å². The van der Waals surface area contributed by atoms with Crippen molar-refractivity contribution < 1.29 is 0 Å². The summed E-state index contributed by atoms with van der Waals surface area (Å²) in [4.78, 5) is 5.08. The minimum absolute atomic E-state index is 0.526. The van der Waals surface area contributed by atoms with Gasteiger partial charge in [-0.2, -0.15) is 0 Å². The molecule has 0 aromatic heterocycles. The normalized spacial score (nSPS) is 27.4. The Kier molecular flexibility index (Phi) is 4.22. The largest absolute Gasteiger partial charge is 0.330 e. The van der Waals surface area contributed by atoms with Gasteiger partial charge in [-0.05, 0) is 64.3 Å². The molecule has 1 saturated heterocycles. The fourth-order valence-electron chi connectivity index (χ4n) is 2.95. The molecule has 0 radical (unpaired) electrons. The second kappa shape index (κ2) is 5.48. The first kappa shape index (κ1) is 12.3.